The normalized spacial score (nSPS) is 11.5. The first-order chi connectivity index (χ1) is 11.0. The molecule has 23 heavy (non-hydrogen) atoms. The molecule has 0 spiro atoms. The Hall–Kier alpha value is -2.28. The molecule has 0 aliphatic rings. The van der Waals surface area contributed by atoms with Crippen molar-refractivity contribution in [3.63, 3.8) is 0 Å². The number of hydrogen-bond donors (Lipinski definition) is 3. The maximum atomic E-state index is 11.9. The second-order valence-corrected chi connectivity index (χ2v) is 5.11. The van der Waals surface area contributed by atoms with E-state index in [0.717, 1.165) is 6.42 Å². The second kappa shape index (κ2) is 9.68. The van der Waals surface area contributed by atoms with E-state index in [1.54, 1.807) is 18.2 Å². The first kappa shape index (κ1) is 18.8. The summed E-state index contributed by atoms with van der Waals surface area (Å²) in [4.78, 5) is 23.1. The Balaban J connectivity index is 2.59. The van der Waals surface area contributed by atoms with Crippen LogP contribution in [0.4, 0.5) is 16.2 Å². The number of benzene rings is 1. The van der Waals surface area contributed by atoms with E-state index in [4.69, 9.17) is 9.47 Å². The van der Waals surface area contributed by atoms with Crippen LogP contribution < -0.4 is 20.7 Å². The van der Waals surface area contributed by atoms with Crippen molar-refractivity contribution in [3.05, 3.63) is 18.2 Å². The molecule has 7 heteroatoms. The van der Waals surface area contributed by atoms with Crippen molar-refractivity contribution in [1.29, 1.82) is 0 Å². The molecule has 3 N–H and O–H groups in total. The van der Waals surface area contributed by atoms with Crippen LogP contribution in [0, 0.1) is 0 Å². The van der Waals surface area contributed by atoms with Crippen molar-refractivity contribution in [2.45, 2.75) is 33.3 Å². The molecule has 0 fully saturated rings. The van der Waals surface area contributed by atoms with Gasteiger partial charge in [0.25, 0.3) is 0 Å². The summed E-state index contributed by atoms with van der Waals surface area (Å²) in [5, 5.41) is 8.10. The van der Waals surface area contributed by atoms with Crippen molar-refractivity contribution in [2.24, 2.45) is 0 Å². The standard InChI is InChI=1S/C16H25N3O4/c1-5-8-23-11(2)10-17-16(21)19-13-6-7-15(22-4)14(9-13)18-12(3)20/h6-7,9,11H,5,8,10H2,1-4H3,(H,18,20)(H2,17,19,21). The number of nitrogens with one attached hydrogen (secondary N) is 3. The number of rotatable bonds is 8. The molecule has 3 amide bonds. The predicted molar refractivity (Wildman–Crippen MR) is 90.0 cm³/mol. The van der Waals surface area contributed by atoms with E-state index < -0.39 is 0 Å². The number of hydrogen-bond acceptors (Lipinski definition) is 4. The minimum absolute atomic E-state index is 0.0495. The van der Waals surface area contributed by atoms with Crippen LogP contribution in [0.5, 0.6) is 5.75 Å². The van der Waals surface area contributed by atoms with Gasteiger partial charge in [0.2, 0.25) is 5.91 Å². The first-order valence-electron chi connectivity index (χ1n) is 7.58. The Morgan fingerprint density at radius 3 is 2.61 bits per heavy atom. The number of anilines is 2. The van der Waals surface area contributed by atoms with Crippen LogP contribution in [-0.2, 0) is 9.53 Å². The molecule has 128 valence electrons. The summed E-state index contributed by atoms with van der Waals surface area (Å²) in [5.41, 5.74) is 1.05. The van der Waals surface area contributed by atoms with Gasteiger partial charge in [0.15, 0.2) is 0 Å². The van der Waals surface area contributed by atoms with E-state index in [9.17, 15) is 9.59 Å². The molecular formula is C16H25N3O4. The van der Waals surface area contributed by atoms with Crippen molar-refractivity contribution in [2.75, 3.05) is 30.9 Å². The Labute approximate surface area is 136 Å². The number of urea groups is 1. The minimum atomic E-state index is -0.337. The highest BCUT2D eigenvalue weighted by Crippen LogP contribution is 2.27. The van der Waals surface area contributed by atoms with Crippen molar-refractivity contribution >= 4 is 23.3 Å². The van der Waals surface area contributed by atoms with Crippen LogP contribution in [0.2, 0.25) is 0 Å². The van der Waals surface area contributed by atoms with Crippen LogP contribution in [0.3, 0.4) is 0 Å². The molecule has 0 aliphatic carbocycles. The van der Waals surface area contributed by atoms with Gasteiger partial charge in [-0.2, -0.15) is 0 Å². The molecule has 0 saturated heterocycles. The summed E-state index contributed by atoms with van der Waals surface area (Å²) in [7, 11) is 1.51. The fraction of sp³-hybridized carbons (Fsp3) is 0.500. The van der Waals surface area contributed by atoms with Gasteiger partial charge in [-0.15, -0.1) is 0 Å². The lowest BCUT2D eigenvalue weighted by atomic mass is 10.2. The number of ether oxygens (including phenoxy) is 2. The fourth-order valence-corrected chi connectivity index (χ4v) is 1.86. The van der Waals surface area contributed by atoms with Crippen molar-refractivity contribution in [3.8, 4) is 5.75 Å². The van der Waals surface area contributed by atoms with Gasteiger partial charge in [-0.1, -0.05) is 6.92 Å². The van der Waals surface area contributed by atoms with Gasteiger partial charge in [0, 0.05) is 25.8 Å². The highest BCUT2D eigenvalue weighted by molar-refractivity contribution is 5.94. The van der Waals surface area contributed by atoms with E-state index >= 15 is 0 Å². The monoisotopic (exact) mass is 323 g/mol. The predicted octanol–water partition coefficient (Wildman–Crippen LogP) is 2.59. The van der Waals surface area contributed by atoms with Crippen LogP contribution in [0.25, 0.3) is 0 Å². The van der Waals surface area contributed by atoms with E-state index in [-0.39, 0.29) is 18.0 Å². The second-order valence-electron chi connectivity index (χ2n) is 5.11. The topological polar surface area (TPSA) is 88.7 Å². The number of amides is 3. The summed E-state index contributed by atoms with van der Waals surface area (Å²) in [6.07, 6.45) is 0.889. The van der Waals surface area contributed by atoms with Crippen LogP contribution in [0.1, 0.15) is 27.2 Å². The van der Waals surface area contributed by atoms with Gasteiger partial charge in [-0.05, 0) is 31.5 Å². The summed E-state index contributed by atoms with van der Waals surface area (Å²) in [6, 6.07) is 4.67. The Bertz CT molecular complexity index is 534. The number of carbonyl (C=O) groups excluding carboxylic acids is 2. The zero-order valence-electron chi connectivity index (χ0n) is 14.1. The average molecular weight is 323 g/mol. The van der Waals surface area contributed by atoms with Gasteiger partial charge in [0.05, 0.1) is 18.9 Å². The number of methoxy groups -OCH3 is 1. The molecule has 1 aromatic carbocycles. The third kappa shape index (κ3) is 7.01. The summed E-state index contributed by atoms with van der Waals surface area (Å²) < 4.78 is 10.6. The van der Waals surface area contributed by atoms with Gasteiger partial charge in [-0.25, -0.2) is 4.79 Å². The maximum absolute atomic E-state index is 11.9. The lowest BCUT2D eigenvalue weighted by Gasteiger charge is -2.15. The molecule has 0 radical (unpaired) electrons. The maximum Gasteiger partial charge on any atom is 0.319 e. The van der Waals surface area contributed by atoms with E-state index in [0.29, 0.717) is 30.3 Å². The molecule has 1 atom stereocenters. The zero-order valence-corrected chi connectivity index (χ0v) is 14.1. The van der Waals surface area contributed by atoms with Gasteiger partial charge < -0.3 is 25.4 Å². The number of carbonyl (C=O) groups is 2. The molecule has 0 aliphatic heterocycles. The molecule has 1 unspecified atom stereocenters. The molecular weight excluding hydrogens is 298 g/mol. The quantitative estimate of drug-likeness (QED) is 0.686. The molecule has 0 heterocycles. The largest absolute Gasteiger partial charge is 0.495 e. The zero-order chi connectivity index (χ0) is 17.2. The molecule has 1 aromatic rings. The van der Waals surface area contributed by atoms with Gasteiger partial charge in [0.1, 0.15) is 5.75 Å². The summed E-state index contributed by atoms with van der Waals surface area (Å²) >= 11 is 0. The Morgan fingerprint density at radius 2 is 2.00 bits per heavy atom. The van der Waals surface area contributed by atoms with Gasteiger partial charge in [-0.3, -0.25) is 4.79 Å². The SMILES string of the molecule is CCCOC(C)CNC(=O)Nc1ccc(OC)c(NC(C)=O)c1. The van der Waals surface area contributed by atoms with Gasteiger partial charge >= 0.3 is 6.03 Å². The molecule has 0 bridgehead atoms. The minimum Gasteiger partial charge on any atom is -0.495 e. The molecule has 0 saturated carbocycles. The van der Waals surface area contributed by atoms with E-state index in [1.165, 1.54) is 14.0 Å². The third-order valence-electron chi connectivity index (χ3n) is 2.92. The highest BCUT2D eigenvalue weighted by Gasteiger charge is 2.09. The highest BCUT2D eigenvalue weighted by atomic mass is 16.5. The van der Waals surface area contributed by atoms with E-state index in [2.05, 4.69) is 16.0 Å². The summed E-state index contributed by atoms with van der Waals surface area (Å²) in [6.45, 7) is 6.43. The first-order valence-corrected chi connectivity index (χ1v) is 7.58. The molecule has 7 nitrogen and oxygen atoms in total. The van der Waals surface area contributed by atoms with Crippen LogP contribution in [-0.4, -0.2) is 38.3 Å². The molecule has 1 rings (SSSR count). The lowest BCUT2D eigenvalue weighted by Crippen LogP contribution is -2.35. The smallest absolute Gasteiger partial charge is 0.319 e. The summed E-state index contributed by atoms with van der Waals surface area (Å²) in [5.74, 6) is 0.305. The Kier molecular flexibility index (Phi) is 7.90. The third-order valence-corrected chi connectivity index (χ3v) is 2.92. The fourth-order valence-electron chi connectivity index (χ4n) is 1.86. The van der Waals surface area contributed by atoms with Crippen molar-refractivity contribution in [1.82, 2.24) is 5.32 Å². The van der Waals surface area contributed by atoms with Crippen LogP contribution in [0.15, 0.2) is 18.2 Å². The average Bonchev–Trinajstić information content (AvgIpc) is 2.50. The van der Waals surface area contributed by atoms with Crippen LogP contribution >= 0.6 is 0 Å². The van der Waals surface area contributed by atoms with E-state index in [1.807, 2.05) is 13.8 Å². The molecule has 0 aromatic heterocycles. The lowest BCUT2D eigenvalue weighted by molar-refractivity contribution is -0.114. The van der Waals surface area contributed by atoms with Crippen molar-refractivity contribution < 1.29 is 19.1 Å². The Morgan fingerprint density at radius 1 is 1.26 bits per heavy atom.